The molecule has 1 saturated heterocycles. The second-order valence-electron chi connectivity index (χ2n) is 5.58. The van der Waals surface area contributed by atoms with Gasteiger partial charge in [0.25, 0.3) is 0 Å². The molecule has 0 radical (unpaired) electrons. The van der Waals surface area contributed by atoms with Crippen molar-refractivity contribution in [2.24, 2.45) is 5.92 Å². The summed E-state index contributed by atoms with van der Waals surface area (Å²) in [5.74, 6) is -0.225. The van der Waals surface area contributed by atoms with Gasteiger partial charge in [0, 0.05) is 24.2 Å². The summed E-state index contributed by atoms with van der Waals surface area (Å²) in [4.78, 5) is 26.1. The summed E-state index contributed by atoms with van der Waals surface area (Å²) in [5.41, 5.74) is 2.71. The Morgan fingerprint density at radius 2 is 2.05 bits per heavy atom. The Morgan fingerprint density at radius 1 is 1.32 bits per heavy atom. The lowest BCUT2D eigenvalue weighted by Crippen LogP contribution is -2.28. The number of nitrogens with zero attached hydrogens (tertiary/aromatic N) is 2. The van der Waals surface area contributed by atoms with E-state index in [4.69, 9.17) is 4.52 Å². The first kappa shape index (κ1) is 14.3. The molecule has 2 heterocycles. The predicted molar refractivity (Wildman–Crippen MR) is 81.5 cm³/mol. The minimum atomic E-state index is -0.384. The maximum absolute atomic E-state index is 12.3. The molecule has 1 unspecified atom stereocenters. The monoisotopic (exact) mass is 299 g/mol. The van der Waals surface area contributed by atoms with Gasteiger partial charge in [0.05, 0.1) is 5.92 Å². The van der Waals surface area contributed by atoms with Crippen molar-refractivity contribution < 1.29 is 14.1 Å². The molecule has 1 aliphatic rings. The van der Waals surface area contributed by atoms with Crippen LogP contribution in [0.15, 0.2) is 35.1 Å². The van der Waals surface area contributed by atoms with Crippen LogP contribution in [0.25, 0.3) is 0 Å². The van der Waals surface area contributed by atoms with E-state index < -0.39 is 0 Å². The zero-order chi connectivity index (χ0) is 15.7. The topological polar surface area (TPSA) is 75.4 Å². The summed E-state index contributed by atoms with van der Waals surface area (Å²) >= 11 is 0. The molecule has 1 aromatic heterocycles. The summed E-state index contributed by atoms with van der Waals surface area (Å²) in [6.07, 6.45) is 1.67. The normalized spacial score (nSPS) is 17.8. The Balaban J connectivity index is 1.70. The van der Waals surface area contributed by atoms with Crippen LogP contribution in [-0.2, 0) is 9.59 Å². The van der Waals surface area contributed by atoms with Crippen LogP contribution in [0.4, 0.5) is 11.5 Å². The predicted octanol–water partition coefficient (Wildman–Crippen LogP) is 2.28. The average Bonchev–Trinajstić information content (AvgIpc) is 3.07. The summed E-state index contributed by atoms with van der Waals surface area (Å²) in [6.45, 7) is 4.17. The standard InChI is InChI=1S/C16H17N3O3/c1-10-3-5-13(6-4-10)19-8-12(7-14(19)20)16(21)17-15-11(2)9-22-18-15/h3-6,9,12H,7-8H2,1-2H3,(H,17,18,21). The first-order valence-corrected chi connectivity index (χ1v) is 7.13. The number of hydrogen-bond donors (Lipinski definition) is 1. The molecule has 22 heavy (non-hydrogen) atoms. The number of hydrogen-bond acceptors (Lipinski definition) is 4. The minimum Gasteiger partial charge on any atom is -0.362 e. The third kappa shape index (κ3) is 2.72. The van der Waals surface area contributed by atoms with E-state index >= 15 is 0 Å². The molecule has 0 spiro atoms. The van der Waals surface area contributed by atoms with Crippen molar-refractivity contribution in [2.45, 2.75) is 20.3 Å². The van der Waals surface area contributed by atoms with Gasteiger partial charge in [-0.1, -0.05) is 22.9 Å². The Morgan fingerprint density at radius 3 is 2.68 bits per heavy atom. The number of anilines is 2. The van der Waals surface area contributed by atoms with E-state index in [1.54, 1.807) is 11.8 Å². The lowest BCUT2D eigenvalue weighted by Gasteiger charge is -2.16. The number of nitrogens with one attached hydrogen (secondary N) is 1. The molecule has 6 nitrogen and oxygen atoms in total. The molecule has 1 fully saturated rings. The molecular weight excluding hydrogens is 282 g/mol. The number of benzene rings is 1. The zero-order valence-corrected chi connectivity index (χ0v) is 12.5. The van der Waals surface area contributed by atoms with Gasteiger partial charge in [-0.2, -0.15) is 0 Å². The Hall–Kier alpha value is -2.63. The molecule has 1 aromatic carbocycles. The van der Waals surface area contributed by atoms with E-state index in [2.05, 4.69) is 10.5 Å². The van der Waals surface area contributed by atoms with Crippen molar-refractivity contribution in [3.8, 4) is 0 Å². The smallest absolute Gasteiger partial charge is 0.231 e. The average molecular weight is 299 g/mol. The quantitative estimate of drug-likeness (QED) is 0.943. The summed E-state index contributed by atoms with van der Waals surface area (Å²) in [5, 5.41) is 6.44. The maximum Gasteiger partial charge on any atom is 0.231 e. The lowest BCUT2D eigenvalue weighted by atomic mass is 10.1. The number of aromatic nitrogens is 1. The summed E-state index contributed by atoms with van der Waals surface area (Å²) < 4.78 is 4.79. The van der Waals surface area contributed by atoms with Gasteiger partial charge in [-0.05, 0) is 26.0 Å². The van der Waals surface area contributed by atoms with Crippen molar-refractivity contribution in [3.05, 3.63) is 41.7 Å². The molecule has 1 N–H and O–H groups in total. The van der Waals surface area contributed by atoms with E-state index in [9.17, 15) is 9.59 Å². The molecule has 1 atom stereocenters. The van der Waals surface area contributed by atoms with Gasteiger partial charge in [0.1, 0.15) is 6.26 Å². The number of amides is 2. The van der Waals surface area contributed by atoms with Crippen molar-refractivity contribution >= 4 is 23.3 Å². The van der Waals surface area contributed by atoms with E-state index in [0.29, 0.717) is 12.4 Å². The van der Waals surface area contributed by atoms with Crippen LogP contribution >= 0.6 is 0 Å². The number of aryl methyl sites for hydroxylation is 2. The third-order valence-electron chi connectivity index (χ3n) is 3.83. The largest absolute Gasteiger partial charge is 0.362 e. The van der Waals surface area contributed by atoms with E-state index in [1.807, 2.05) is 31.2 Å². The van der Waals surface area contributed by atoms with Crippen LogP contribution in [0.2, 0.25) is 0 Å². The van der Waals surface area contributed by atoms with Gasteiger partial charge in [0.2, 0.25) is 11.8 Å². The Bertz CT molecular complexity index is 706. The van der Waals surface area contributed by atoms with Gasteiger partial charge in [-0.25, -0.2) is 0 Å². The van der Waals surface area contributed by atoms with Gasteiger partial charge in [-0.3, -0.25) is 9.59 Å². The molecule has 2 amide bonds. The highest BCUT2D eigenvalue weighted by Crippen LogP contribution is 2.26. The molecule has 1 aliphatic heterocycles. The van der Waals surface area contributed by atoms with Crippen LogP contribution < -0.4 is 10.2 Å². The lowest BCUT2D eigenvalue weighted by molar-refractivity contribution is -0.122. The van der Waals surface area contributed by atoms with E-state index in [0.717, 1.165) is 16.8 Å². The van der Waals surface area contributed by atoms with E-state index in [1.165, 1.54) is 6.26 Å². The number of carbonyl (C=O) groups is 2. The van der Waals surface area contributed by atoms with Crippen LogP contribution in [0, 0.1) is 19.8 Å². The summed E-state index contributed by atoms with van der Waals surface area (Å²) in [6, 6.07) is 7.70. The highest BCUT2D eigenvalue weighted by atomic mass is 16.5. The van der Waals surface area contributed by atoms with Gasteiger partial charge in [-0.15, -0.1) is 0 Å². The summed E-state index contributed by atoms with van der Waals surface area (Å²) in [7, 11) is 0. The fourth-order valence-electron chi connectivity index (χ4n) is 2.48. The fraction of sp³-hybridized carbons (Fsp3) is 0.312. The number of carbonyl (C=O) groups excluding carboxylic acids is 2. The van der Waals surface area contributed by atoms with Crippen LogP contribution in [0.3, 0.4) is 0 Å². The molecule has 3 rings (SSSR count). The molecule has 6 heteroatoms. The molecule has 2 aromatic rings. The molecule has 0 saturated carbocycles. The molecule has 0 aliphatic carbocycles. The first-order chi connectivity index (χ1) is 10.5. The highest BCUT2D eigenvalue weighted by molar-refractivity contribution is 6.03. The second kappa shape index (κ2) is 5.63. The first-order valence-electron chi connectivity index (χ1n) is 7.13. The van der Waals surface area contributed by atoms with Crippen molar-refractivity contribution in [2.75, 3.05) is 16.8 Å². The van der Waals surface area contributed by atoms with Crippen LogP contribution in [-0.4, -0.2) is 23.5 Å². The van der Waals surface area contributed by atoms with Crippen molar-refractivity contribution in [3.63, 3.8) is 0 Å². The Labute approximate surface area is 128 Å². The van der Waals surface area contributed by atoms with E-state index in [-0.39, 0.29) is 24.2 Å². The van der Waals surface area contributed by atoms with Crippen molar-refractivity contribution in [1.29, 1.82) is 0 Å². The second-order valence-corrected chi connectivity index (χ2v) is 5.58. The van der Waals surface area contributed by atoms with Gasteiger partial charge in [0.15, 0.2) is 5.82 Å². The molecule has 0 bridgehead atoms. The van der Waals surface area contributed by atoms with Gasteiger partial charge < -0.3 is 14.7 Å². The van der Waals surface area contributed by atoms with Gasteiger partial charge >= 0.3 is 0 Å². The van der Waals surface area contributed by atoms with Crippen LogP contribution in [0.5, 0.6) is 0 Å². The van der Waals surface area contributed by atoms with Crippen molar-refractivity contribution in [1.82, 2.24) is 5.16 Å². The fourth-order valence-corrected chi connectivity index (χ4v) is 2.48. The number of rotatable bonds is 3. The Kier molecular flexibility index (Phi) is 3.66. The molecular formula is C16H17N3O3. The molecule has 114 valence electrons. The SMILES string of the molecule is Cc1ccc(N2CC(C(=O)Nc3nocc3C)CC2=O)cc1. The maximum atomic E-state index is 12.3. The van der Waals surface area contributed by atoms with Crippen LogP contribution in [0.1, 0.15) is 17.5 Å². The third-order valence-corrected chi connectivity index (χ3v) is 3.83. The highest BCUT2D eigenvalue weighted by Gasteiger charge is 2.35. The minimum absolute atomic E-state index is 0.0409. The zero-order valence-electron chi connectivity index (χ0n) is 12.5.